The number of likely N-dealkylation sites (tertiary alicyclic amines) is 1. The molecule has 20 heavy (non-hydrogen) atoms. The number of aryl methyl sites for hydroxylation is 2. The van der Waals surface area contributed by atoms with Gasteiger partial charge in [-0.2, -0.15) is 5.10 Å². The van der Waals surface area contributed by atoms with E-state index < -0.39 is 0 Å². The molecule has 4 heteroatoms. The first-order valence-electron chi connectivity index (χ1n) is 8.05. The molecule has 3 heterocycles. The van der Waals surface area contributed by atoms with Crippen molar-refractivity contribution in [1.82, 2.24) is 20.0 Å². The molecule has 0 radical (unpaired) electrons. The number of hydrogen-bond donors (Lipinski definition) is 1. The Bertz CT molecular complexity index is 493. The minimum absolute atomic E-state index is 0.482. The SMILES string of the molecule is CCn1nc(C)c(C(C)N2CC3CNCC3C2C)c1C. The molecular weight excluding hydrogens is 248 g/mol. The van der Waals surface area contributed by atoms with E-state index in [9.17, 15) is 0 Å². The smallest absolute Gasteiger partial charge is 0.0644 e. The second kappa shape index (κ2) is 5.15. The van der Waals surface area contributed by atoms with Crippen molar-refractivity contribution < 1.29 is 0 Å². The second-order valence-corrected chi connectivity index (χ2v) is 6.60. The minimum Gasteiger partial charge on any atom is -0.316 e. The van der Waals surface area contributed by atoms with E-state index in [2.05, 4.69) is 49.5 Å². The lowest BCUT2D eigenvalue weighted by molar-refractivity contribution is 0.181. The fraction of sp³-hybridized carbons (Fsp3) is 0.812. The standard InChI is InChI=1S/C16H28N4/c1-6-20-13(5)16(10(2)18-20)12(4)19-9-14-7-17-8-15(14)11(19)3/h11-12,14-15,17H,6-9H2,1-5H3. The molecule has 0 spiro atoms. The lowest BCUT2D eigenvalue weighted by Gasteiger charge is -2.31. The van der Waals surface area contributed by atoms with Gasteiger partial charge >= 0.3 is 0 Å². The summed E-state index contributed by atoms with van der Waals surface area (Å²) in [5.74, 6) is 1.67. The fourth-order valence-corrected chi connectivity index (χ4v) is 4.50. The summed E-state index contributed by atoms with van der Waals surface area (Å²) in [6.45, 7) is 15.9. The van der Waals surface area contributed by atoms with Crippen LogP contribution in [0.1, 0.15) is 43.8 Å². The van der Waals surface area contributed by atoms with E-state index >= 15 is 0 Å². The molecule has 1 aromatic heterocycles. The molecule has 0 bridgehead atoms. The highest BCUT2D eigenvalue weighted by Gasteiger charge is 2.44. The minimum atomic E-state index is 0.482. The molecular formula is C16H28N4. The summed E-state index contributed by atoms with van der Waals surface area (Å²) in [4.78, 5) is 2.70. The average Bonchev–Trinajstić information content (AvgIpc) is 3.06. The zero-order valence-corrected chi connectivity index (χ0v) is 13.5. The summed E-state index contributed by atoms with van der Waals surface area (Å²) in [5, 5.41) is 8.24. The Morgan fingerprint density at radius 1 is 1.35 bits per heavy atom. The molecule has 0 saturated carbocycles. The number of rotatable bonds is 3. The van der Waals surface area contributed by atoms with Crippen LogP contribution in [0.15, 0.2) is 0 Å². The Morgan fingerprint density at radius 3 is 2.70 bits per heavy atom. The van der Waals surface area contributed by atoms with Crippen molar-refractivity contribution in [2.24, 2.45) is 11.8 Å². The van der Waals surface area contributed by atoms with Gasteiger partial charge in [0.15, 0.2) is 0 Å². The highest BCUT2D eigenvalue weighted by atomic mass is 15.3. The Balaban J connectivity index is 1.86. The monoisotopic (exact) mass is 276 g/mol. The average molecular weight is 276 g/mol. The molecule has 4 unspecified atom stereocenters. The molecule has 0 aliphatic carbocycles. The summed E-state index contributed by atoms with van der Waals surface area (Å²) in [6, 6.07) is 1.16. The highest BCUT2D eigenvalue weighted by molar-refractivity contribution is 5.28. The van der Waals surface area contributed by atoms with Gasteiger partial charge in [-0.25, -0.2) is 0 Å². The van der Waals surface area contributed by atoms with Crippen LogP contribution >= 0.6 is 0 Å². The first kappa shape index (κ1) is 14.1. The van der Waals surface area contributed by atoms with Gasteiger partial charge in [-0.15, -0.1) is 0 Å². The maximum absolute atomic E-state index is 4.70. The Hall–Kier alpha value is -0.870. The van der Waals surface area contributed by atoms with E-state index in [4.69, 9.17) is 5.10 Å². The molecule has 3 rings (SSSR count). The van der Waals surface area contributed by atoms with E-state index in [-0.39, 0.29) is 0 Å². The molecule has 2 aliphatic rings. The van der Waals surface area contributed by atoms with Crippen molar-refractivity contribution in [2.45, 2.75) is 53.2 Å². The van der Waals surface area contributed by atoms with Gasteiger partial charge in [-0.3, -0.25) is 9.58 Å². The van der Waals surface area contributed by atoms with Crippen LogP contribution in [0.25, 0.3) is 0 Å². The summed E-state index contributed by atoms with van der Waals surface area (Å²) >= 11 is 0. The van der Waals surface area contributed by atoms with Gasteiger partial charge in [0.1, 0.15) is 0 Å². The van der Waals surface area contributed by atoms with Gasteiger partial charge in [0.2, 0.25) is 0 Å². The predicted molar refractivity (Wildman–Crippen MR) is 81.8 cm³/mol. The third-order valence-corrected chi connectivity index (χ3v) is 5.63. The molecule has 2 aliphatic heterocycles. The molecule has 112 valence electrons. The topological polar surface area (TPSA) is 33.1 Å². The number of hydrogen-bond acceptors (Lipinski definition) is 3. The number of aromatic nitrogens is 2. The first-order chi connectivity index (χ1) is 9.54. The van der Waals surface area contributed by atoms with Crippen LogP contribution in [0.2, 0.25) is 0 Å². The van der Waals surface area contributed by atoms with Crippen LogP contribution in [-0.4, -0.2) is 40.4 Å². The summed E-state index contributed by atoms with van der Waals surface area (Å²) in [7, 11) is 0. The van der Waals surface area contributed by atoms with Crippen molar-refractivity contribution in [2.75, 3.05) is 19.6 Å². The number of nitrogens with zero attached hydrogens (tertiary/aromatic N) is 3. The van der Waals surface area contributed by atoms with Gasteiger partial charge < -0.3 is 5.32 Å². The molecule has 4 nitrogen and oxygen atoms in total. The maximum atomic E-state index is 4.70. The van der Waals surface area contributed by atoms with E-state index in [1.807, 2.05) is 0 Å². The van der Waals surface area contributed by atoms with Crippen LogP contribution < -0.4 is 5.32 Å². The van der Waals surface area contributed by atoms with Gasteiger partial charge in [0.25, 0.3) is 0 Å². The van der Waals surface area contributed by atoms with Crippen molar-refractivity contribution >= 4 is 0 Å². The third kappa shape index (κ3) is 2.01. The molecule has 4 atom stereocenters. The molecule has 2 saturated heterocycles. The molecule has 0 aromatic carbocycles. The Kier molecular flexibility index (Phi) is 3.63. The lowest BCUT2D eigenvalue weighted by atomic mass is 9.95. The maximum Gasteiger partial charge on any atom is 0.0644 e. The third-order valence-electron chi connectivity index (χ3n) is 5.63. The zero-order chi connectivity index (χ0) is 14.4. The second-order valence-electron chi connectivity index (χ2n) is 6.60. The zero-order valence-electron chi connectivity index (χ0n) is 13.5. The van der Waals surface area contributed by atoms with Crippen LogP contribution in [0.3, 0.4) is 0 Å². The number of nitrogens with one attached hydrogen (secondary N) is 1. The Morgan fingerprint density at radius 2 is 2.10 bits per heavy atom. The Labute approximate surface area is 122 Å². The fourth-order valence-electron chi connectivity index (χ4n) is 4.50. The van der Waals surface area contributed by atoms with Crippen LogP contribution in [0.5, 0.6) is 0 Å². The predicted octanol–water partition coefficient (Wildman–Crippen LogP) is 2.12. The van der Waals surface area contributed by atoms with E-state index in [1.165, 1.54) is 36.6 Å². The quantitative estimate of drug-likeness (QED) is 0.918. The summed E-state index contributed by atoms with van der Waals surface area (Å²) in [5.41, 5.74) is 4.01. The summed E-state index contributed by atoms with van der Waals surface area (Å²) in [6.07, 6.45) is 0. The van der Waals surface area contributed by atoms with Gasteiger partial charge in [0.05, 0.1) is 5.69 Å². The van der Waals surface area contributed by atoms with Gasteiger partial charge in [-0.1, -0.05) is 0 Å². The largest absolute Gasteiger partial charge is 0.316 e. The van der Waals surface area contributed by atoms with Crippen molar-refractivity contribution in [3.8, 4) is 0 Å². The summed E-state index contributed by atoms with van der Waals surface area (Å²) < 4.78 is 2.14. The van der Waals surface area contributed by atoms with Crippen molar-refractivity contribution in [3.63, 3.8) is 0 Å². The van der Waals surface area contributed by atoms with Crippen molar-refractivity contribution in [3.05, 3.63) is 17.0 Å². The highest BCUT2D eigenvalue weighted by Crippen LogP contribution is 2.39. The number of fused-ring (bicyclic) bond motifs is 1. The van der Waals surface area contributed by atoms with E-state index in [0.29, 0.717) is 12.1 Å². The van der Waals surface area contributed by atoms with E-state index in [0.717, 1.165) is 18.4 Å². The lowest BCUT2D eigenvalue weighted by Crippen LogP contribution is -2.35. The molecule has 2 fully saturated rings. The van der Waals surface area contributed by atoms with Gasteiger partial charge in [-0.05, 0) is 59.5 Å². The van der Waals surface area contributed by atoms with E-state index in [1.54, 1.807) is 0 Å². The normalized spacial score (nSPS) is 31.8. The van der Waals surface area contributed by atoms with Crippen molar-refractivity contribution in [1.29, 1.82) is 0 Å². The van der Waals surface area contributed by atoms with Crippen LogP contribution in [0.4, 0.5) is 0 Å². The first-order valence-corrected chi connectivity index (χ1v) is 8.05. The molecule has 1 aromatic rings. The van der Waals surface area contributed by atoms with Crippen LogP contribution in [-0.2, 0) is 6.54 Å². The molecule has 1 N–H and O–H groups in total. The molecule has 0 amide bonds. The van der Waals surface area contributed by atoms with Crippen LogP contribution in [0, 0.1) is 25.7 Å². The van der Waals surface area contributed by atoms with Gasteiger partial charge in [0, 0.05) is 36.4 Å².